The molecule has 0 aromatic heterocycles. The summed E-state index contributed by atoms with van der Waals surface area (Å²) < 4.78 is 5.30. The van der Waals surface area contributed by atoms with E-state index in [0.717, 1.165) is 13.1 Å². The van der Waals surface area contributed by atoms with Gasteiger partial charge in [-0.2, -0.15) is 0 Å². The predicted octanol–water partition coefficient (Wildman–Crippen LogP) is 0.700. The average Bonchev–Trinajstić information content (AvgIpc) is 2.48. The van der Waals surface area contributed by atoms with Crippen LogP contribution in [0.4, 0.5) is 0 Å². The molecule has 1 N–H and O–H groups in total. The fourth-order valence-corrected chi connectivity index (χ4v) is 2.00. The summed E-state index contributed by atoms with van der Waals surface area (Å²) in [5.41, 5.74) is 0.409. The van der Waals surface area contributed by atoms with Crippen molar-refractivity contribution in [2.45, 2.75) is 6.92 Å². The van der Waals surface area contributed by atoms with Crippen LogP contribution in [-0.2, 0) is 4.79 Å². The molecule has 1 amide bonds. The molecular weight excluding hydrogens is 244 g/mol. The van der Waals surface area contributed by atoms with Crippen molar-refractivity contribution in [3.8, 4) is 5.75 Å². The van der Waals surface area contributed by atoms with Crippen molar-refractivity contribution in [3.63, 3.8) is 0 Å². The van der Waals surface area contributed by atoms with E-state index in [9.17, 15) is 9.59 Å². The van der Waals surface area contributed by atoms with Crippen molar-refractivity contribution < 1.29 is 14.3 Å². The van der Waals surface area contributed by atoms with E-state index in [-0.39, 0.29) is 0 Å². The number of nitrogens with zero attached hydrogens (tertiary/aromatic N) is 1. The first kappa shape index (κ1) is 13.5. The Kier molecular flexibility index (Phi) is 4.52. The van der Waals surface area contributed by atoms with Gasteiger partial charge in [-0.15, -0.1) is 0 Å². The smallest absolute Gasteiger partial charge is 0.295 e. The molecule has 0 bridgehead atoms. The van der Waals surface area contributed by atoms with Gasteiger partial charge in [0.2, 0.25) is 5.78 Å². The molecule has 0 radical (unpaired) electrons. The number of rotatable bonds is 4. The molecule has 19 heavy (non-hydrogen) atoms. The molecule has 102 valence electrons. The van der Waals surface area contributed by atoms with Gasteiger partial charge in [0.25, 0.3) is 5.91 Å². The lowest BCUT2D eigenvalue weighted by molar-refractivity contribution is -0.126. The molecule has 1 aliphatic heterocycles. The van der Waals surface area contributed by atoms with E-state index in [0.29, 0.717) is 31.0 Å². The summed E-state index contributed by atoms with van der Waals surface area (Å²) >= 11 is 0. The highest BCUT2D eigenvalue weighted by Crippen LogP contribution is 2.13. The Bertz CT molecular complexity index is 450. The van der Waals surface area contributed by atoms with Gasteiger partial charge >= 0.3 is 0 Å². The first-order chi connectivity index (χ1) is 9.22. The minimum absolute atomic E-state index is 0.409. The molecule has 1 aromatic rings. The zero-order valence-electron chi connectivity index (χ0n) is 11.0. The second-order valence-electron chi connectivity index (χ2n) is 4.33. The normalized spacial score (nSPS) is 15.1. The van der Waals surface area contributed by atoms with Gasteiger partial charge in [0.1, 0.15) is 5.75 Å². The molecule has 1 aromatic carbocycles. The highest BCUT2D eigenvalue weighted by Gasteiger charge is 2.24. The highest BCUT2D eigenvalue weighted by molar-refractivity contribution is 6.42. The van der Waals surface area contributed by atoms with Crippen LogP contribution in [0.5, 0.6) is 5.75 Å². The Balaban J connectivity index is 2.03. The number of carbonyl (C=O) groups excluding carboxylic acids is 2. The van der Waals surface area contributed by atoms with Crippen LogP contribution < -0.4 is 10.1 Å². The third-order valence-corrected chi connectivity index (χ3v) is 3.03. The summed E-state index contributed by atoms with van der Waals surface area (Å²) in [4.78, 5) is 25.7. The zero-order valence-corrected chi connectivity index (χ0v) is 11.0. The number of piperazine rings is 1. The van der Waals surface area contributed by atoms with E-state index in [4.69, 9.17) is 4.74 Å². The quantitative estimate of drug-likeness (QED) is 0.641. The SMILES string of the molecule is CCOc1ccc(C(=O)C(=O)N2CCNCC2)cc1. The van der Waals surface area contributed by atoms with Gasteiger partial charge in [-0.1, -0.05) is 0 Å². The second-order valence-corrected chi connectivity index (χ2v) is 4.33. The van der Waals surface area contributed by atoms with Crippen LogP contribution in [0.2, 0.25) is 0 Å². The summed E-state index contributed by atoms with van der Waals surface area (Å²) in [5.74, 6) is -0.177. The minimum atomic E-state index is -0.454. The molecule has 1 heterocycles. The van der Waals surface area contributed by atoms with Crippen LogP contribution in [-0.4, -0.2) is 49.4 Å². The predicted molar refractivity (Wildman–Crippen MR) is 71.4 cm³/mol. The standard InChI is InChI=1S/C14H18N2O3/c1-2-19-12-5-3-11(4-6-12)13(17)14(18)16-9-7-15-8-10-16/h3-6,15H,2,7-10H2,1H3. The molecule has 2 rings (SSSR count). The second kappa shape index (κ2) is 6.33. The first-order valence-corrected chi connectivity index (χ1v) is 6.49. The summed E-state index contributed by atoms with van der Waals surface area (Å²) in [6, 6.07) is 6.68. The number of ether oxygens (including phenoxy) is 1. The number of amides is 1. The van der Waals surface area contributed by atoms with Crippen molar-refractivity contribution in [3.05, 3.63) is 29.8 Å². The number of Topliss-reactive ketones (excluding diaryl/α,β-unsaturated/α-hetero) is 1. The summed E-state index contributed by atoms with van der Waals surface area (Å²) in [6.07, 6.45) is 0. The van der Waals surface area contributed by atoms with Gasteiger partial charge in [-0.3, -0.25) is 9.59 Å². The van der Waals surface area contributed by atoms with Gasteiger partial charge in [0.05, 0.1) is 6.61 Å². The van der Waals surface area contributed by atoms with E-state index >= 15 is 0 Å². The topological polar surface area (TPSA) is 58.6 Å². The molecule has 1 fully saturated rings. The number of hydrogen-bond donors (Lipinski definition) is 1. The largest absolute Gasteiger partial charge is 0.494 e. The Hall–Kier alpha value is -1.88. The monoisotopic (exact) mass is 262 g/mol. The maximum Gasteiger partial charge on any atom is 0.295 e. The van der Waals surface area contributed by atoms with Crippen molar-refractivity contribution in [1.29, 1.82) is 0 Å². The molecule has 0 saturated carbocycles. The maximum absolute atomic E-state index is 12.1. The number of ketones is 1. The van der Waals surface area contributed by atoms with Crippen LogP contribution >= 0.6 is 0 Å². The molecule has 0 unspecified atom stereocenters. The molecular formula is C14H18N2O3. The van der Waals surface area contributed by atoms with Crippen molar-refractivity contribution in [2.75, 3.05) is 32.8 Å². The van der Waals surface area contributed by atoms with Crippen LogP contribution in [0.3, 0.4) is 0 Å². The Morgan fingerprint density at radius 3 is 2.42 bits per heavy atom. The van der Waals surface area contributed by atoms with Gasteiger partial charge in [-0.25, -0.2) is 0 Å². The molecule has 0 spiro atoms. The van der Waals surface area contributed by atoms with Crippen molar-refractivity contribution in [1.82, 2.24) is 10.2 Å². The molecule has 5 nitrogen and oxygen atoms in total. The summed E-state index contributed by atoms with van der Waals surface area (Å²) in [6.45, 7) is 5.12. The Morgan fingerprint density at radius 1 is 1.21 bits per heavy atom. The van der Waals surface area contributed by atoms with Crippen LogP contribution in [0.15, 0.2) is 24.3 Å². The maximum atomic E-state index is 12.1. The molecule has 0 aliphatic carbocycles. The fraction of sp³-hybridized carbons (Fsp3) is 0.429. The Labute approximate surface area is 112 Å². The van der Waals surface area contributed by atoms with Gasteiger partial charge in [-0.05, 0) is 31.2 Å². The Morgan fingerprint density at radius 2 is 1.84 bits per heavy atom. The van der Waals surface area contributed by atoms with Gasteiger partial charge < -0.3 is 15.0 Å². The van der Waals surface area contributed by atoms with Crippen molar-refractivity contribution >= 4 is 11.7 Å². The lowest BCUT2D eigenvalue weighted by Gasteiger charge is -2.26. The molecule has 0 atom stereocenters. The van der Waals surface area contributed by atoms with E-state index in [1.807, 2.05) is 6.92 Å². The van der Waals surface area contributed by atoms with Crippen molar-refractivity contribution in [2.24, 2.45) is 0 Å². The number of carbonyl (C=O) groups is 2. The summed E-state index contributed by atoms with van der Waals surface area (Å²) in [5, 5.41) is 3.15. The lowest BCUT2D eigenvalue weighted by atomic mass is 10.1. The highest BCUT2D eigenvalue weighted by atomic mass is 16.5. The van der Waals surface area contributed by atoms with Gasteiger partial charge in [0, 0.05) is 31.7 Å². The van der Waals surface area contributed by atoms with E-state index < -0.39 is 11.7 Å². The van der Waals surface area contributed by atoms with Gasteiger partial charge in [0.15, 0.2) is 0 Å². The number of hydrogen-bond acceptors (Lipinski definition) is 4. The average molecular weight is 262 g/mol. The van der Waals surface area contributed by atoms with Crippen LogP contribution in [0, 0.1) is 0 Å². The lowest BCUT2D eigenvalue weighted by Crippen LogP contribution is -2.48. The van der Waals surface area contributed by atoms with Crippen LogP contribution in [0.25, 0.3) is 0 Å². The fourth-order valence-electron chi connectivity index (χ4n) is 2.00. The molecule has 1 saturated heterocycles. The zero-order chi connectivity index (χ0) is 13.7. The number of benzene rings is 1. The van der Waals surface area contributed by atoms with E-state index in [1.54, 1.807) is 29.2 Å². The minimum Gasteiger partial charge on any atom is -0.494 e. The number of nitrogens with one attached hydrogen (secondary N) is 1. The third-order valence-electron chi connectivity index (χ3n) is 3.03. The van der Waals surface area contributed by atoms with E-state index in [2.05, 4.69) is 5.32 Å². The van der Waals surface area contributed by atoms with E-state index in [1.165, 1.54) is 0 Å². The molecule has 1 aliphatic rings. The molecule has 5 heteroatoms. The third kappa shape index (κ3) is 3.32. The summed E-state index contributed by atoms with van der Waals surface area (Å²) in [7, 11) is 0. The van der Waals surface area contributed by atoms with Crippen LogP contribution in [0.1, 0.15) is 17.3 Å². The first-order valence-electron chi connectivity index (χ1n) is 6.49.